The van der Waals surface area contributed by atoms with E-state index in [0.29, 0.717) is 12.5 Å². The van der Waals surface area contributed by atoms with Gasteiger partial charge < -0.3 is 33.0 Å². The number of carboxylic acids is 1. The van der Waals surface area contributed by atoms with Crippen molar-refractivity contribution in [2.45, 2.75) is 63.5 Å². The highest BCUT2D eigenvalue weighted by Crippen LogP contribution is 2.17. The van der Waals surface area contributed by atoms with E-state index in [1.807, 2.05) is 0 Å². The van der Waals surface area contributed by atoms with Crippen molar-refractivity contribution in [3.63, 3.8) is 0 Å². The van der Waals surface area contributed by atoms with Crippen LogP contribution in [-0.4, -0.2) is 45.4 Å². The number of halogens is 1. The molecule has 0 saturated heterocycles. The normalized spacial score (nSPS) is 18.3. The zero-order valence-corrected chi connectivity index (χ0v) is 13.0. The number of nitrogens with zero attached hydrogens (tertiary/aromatic N) is 1. The molecule has 0 aromatic carbocycles. The van der Waals surface area contributed by atoms with Crippen molar-refractivity contribution in [2.24, 2.45) is 16.5 Å². The van der Waals surface area contributed by atoms with Crippen LogP contribution in [0.2, 0.25) is 0 Å². The summed E-state index contributed by atoms with van der Waals surface area (Å²) in [7, 11) is 0. The Bertz CT molecular complexity index is 292. The molecule has 0 bridgehead atoms. The Kier molecular flexibility index (Phi) is 20.8. The smallest absolute Gasteiger partial charge is 0.320 e. The number of carbonyl (C=O) groups is 1. The number of carboxylic acid groups (broad SMARTS) is 1. The first kappa shape index (κ1) is 28.3. The van der Waals surface area contributed by atoms with Gasteiger partial charge in [-0.1, -0.05) is 19.3 Å². The van der Waals surface area contributed by atoms with Crippen molar-refractivity contribution in [1.82, 2.24) is 0 Å². The standard InChI is InChI=1S/C12H23N3O2.ClH.3H2O/c13-10(12(16)17)7-3-1-5-9-6-2-4-8-11(14)15-9;;;;/h9-10H,1-8,13H2,(H2,14,15)(H,16,17);1H;3*1H2/t9-,10-;;;;/m0..../s1. The van der Waals surface area contributed by atoms with Crippen LogP contribution in [0.25, 0.3) is 0 Å². The molecule has 11 N–H and O–H groups in total. The Balaban J connectivity index is -0.000000361. The van der Waals surface area contributed by atoms with Crippen molar-refractivity contribution in [1.29, 1.82) is 0 Å². The highest BCUT2D eigenvalue weighted by atomic mass is 35.5. The first-order valence-electron chi connectivity index (χ1n) is 6.40. The van der Waals surface area contributed by atoms with Crippen molar-refractivity contribution >= 4 is 24.2 Å². The van der Waals surface area contributed by atoms with Gasteiger partial charge in [0, 0.05) is 6.42 Å². The molecule has 0 radical (unpaired) electrons. The summed E-state index contributed by atoms with van der Waals surface area (Å²) in [6.07, 6.45) is 7.70. The fourth-order valence-electron chi connectivity index (χ4n) is 2.13. The summed E-state index contributed by atoms with van der Waals surface area (Å²) in [5.41, 5.74) is 11.2. The van der Waals surface area contributed by atoms with Crippen LogP contribution < -0.4 is 11.5 Å². The van der Waals surface area contributed by atoms with Gasteiger partial charge in [-0.05, 0) is 25.7 Å². The summed E-state index contributed by atoms with van der Waals surface area (Å²) >= 11 is 0. The van der Waals surface area contributed by atoms with Crippen LogP contribution in [0, 0.1) is 0 Å². The Labute approximate surface area is 131 Å². The lowest BCUT2D eigenvalue weighted by Crippen LogP contribution is -2.29. The predicted octanol–water partition coefficient (Wildman–Crippen LogP) is -0.794. The van der Waals surface area contributed by atoms with Crippen LogP contribution in [0.5, 0.6) is 0 Å². The summed E-state index contributed by atoms with van der Waals surface area (Å²) in [6, 6.07) is -0.392. The van der Waals surface area contributed by atoms with Crippen molar-refractivity contribution < 1.29 is 26.3 Å². The van der Waals surface area contributed by atoms with Gasteiger partial charge in [0.25, 0.3) is 0 Å². The first-order chi connectivity index (χ1) is 8.09. The van der Waals surface area contributed by atoms with Gasteiger partial charge in [0.1, 0.15) is 6.04 Å². The number of hydrogen-bond donors (Lipinski definition) is 3. The third kappa shape index (κ3) is 12.5. The second-order valence-corrected chi connectivity index (χ2v) is 4.75. The lowest BCUT2D eigenvalue weighted by Gasteiger charge is -2.11. The zero-order chi connectivity index (χ0) is 12.7. The topological polar surface area (TPSA) is 196 Å². The minimum absolute atomic E-state index is 0. The summed E-state index contributed by atoms with van der Waals surface area (Å²) in [6.45, 7) is 0. The van der Waals surface area contributed by atoms with E-state index >= 15 is 0 Å². The van der Waals surface area contributed by atoms with Gasteiger partial charge in [0.2, 0.25) is 0 Å². The van der Waals surface area contributed by atoms with Crippen LogP contribution in [0.1, 0.15) is 51.4 Å². The van der Waals surface area contributed by atoms with Crippen LogP contribution in [0.4, 0.5) is 0 Å². The number of unbranched alkanes of at least 4 members (excludes halogenated alkanes) is 1. The number of hydrogen-bond acceptors (Lipinski definition) is 4. The largest absolute Gasteiger partial charge is 0.480 e. The first-order valence-corrected chi connectivity index (χ1v) is 6.40. The average Bonchev–Trinajstić information content (AvgIpc) is 2.48. The molecule has 9 heteroatoms. The maximum Gasteiger partial charge on any atom is 0.320 e. The molecule has 0 aromatic heterocycles. The van der Waals surface area contributed by atoms with Crippen LogP contribution >= 0.6 is 12.4 Å². The van der Waals surface area contributed by atoms with Gasteiger partial charge in [-0.3, -0.25) is 9.79 Å². The molecule has 130 valence electrons. The van der Waals surface area contributed by atoms with E-state index < -0.39 is 12.0 Å². The van der Waals surface area contributed by atoms with E-state index in [2.05, 4.69) is 4.99 Å². The number of aliphatic carboxylic acids is 1. The molecule has 0 amide bonds. The molecular weight excluding hydrogens is 302 g/mol. The molecule has 1 rings (SSSR count). The average molecular weight is 332 g/mol. The van der Waals surface area contributed by atoms with E-state index in [-0.39, 0.29) is 28.8 Å². The minimum atomic E-state index is -0.915. The van der Waals surface area contributed by atoms with Gasteiger partial charge in [-0.15, -0.1) is 12.4 Å². The highest BCUT2D eigenvalue weighted by Gasteiger charge is 2.13. The van der Waals surface area contributed by atoms with Crippen LogP contribution in [-0.2, 0) is 4.79 Å². The summed E-state index contributed by atoms with van der Waals surface area (Å²) < 4.78 is 0. The van der Waals surface area contributed by atoms with Gasteiger partial charge in [0.05, 0.1) is 11.9 Å². The quantitative estimate of drug-likeness (QED) is 0.536. The Morgan fingerprint density at radius 3 is 2.48 bits per heavy atom. The van der Waals surface area contributed by atoms with E-state index in [9.17, 15) is 4.79 Å². The van der Waals surface area contributed by atoms with E-state index in [1.54, 1.807) is 0 Å². The number of rotatable bonds is 6. The monoisotopic (exact) mass is 331 g/mol. The molecule has 8 nitrogen and oxygen atoms in total. The lowest BCUT2D eigenvalue weighted by atomic mass is 10.0. The molecule has 0 fully saturated rings. The molecule has 0 spiro atoms. The molecule has 1 aliphatic heterocycles. The molecule has 21 heavy (non-hydrogen) atoms. The van der Waals surface area contributed by atoms with E-state index in [1.165, 1.54) is 6.42 Å². The molecular formula is C12H30ClN3O5. The van der Waals surface area contributed by atoms with Gasteiger partial charge >= 0.3 is 5.97 Å². The fraction of sp³-hybridized carbons (Fsp3) is 0.833. The summed E-state index contributed by atoms with van der Waals surface area (Å²) in [4.78, 5) is 15.0. The predicted molar refractivity (Wildman–Crippen MR) is 86.0 cm³/mol. The van der Waals surface area contributed by atoms with Crippen molar-refractivity contribution in [3.05, 3.63) is 0 Å². The highest BCUT2D eigenvalue weighted by molar-refractivity contribution is 5.85. The molecule has 0 unspecified atom stereocenters. The lowest BCUT2D eigenvalue weighted by molar-refractivity contribution is -0.138. The molecule has 0 aromatic rings. The van der Waals surface area contributed by atoms with E-state index in [0.717, 1.165) is 44.4 Å². The Hall–Kier alpha value is -0.930. The Morgan fingerprint density at radius 1 is 1.29 bits per heavy atom. The maximum atomic E-state index is 10.5. The van der Waals surface area contributed by atoms with Crippen LogP contribution in [0.15, 0.2) is 4.99 Å². The van der Waals surface area contributed by atoms with Crippen LogP contribution in [0.3, 0.4) is 0 Å². The third-order valence-corrected chi connectivity index (χ3v) is 3.19. The second-order valence-electron chi connectivity index (χ2n) is 4.75. The molecule has 1 aliphatic rings. The van der Waals surface area contributed by atoms with Gasteiger partial charge in [0.15, 0.2) is 0 Å². The number of aliphatic imine (C=N–C) groups is 1. The molecule has 0 aliphatic carbocycles. The minimum Gasteiger partial charge on any atom is -0.480 e. The van der Waals surface area contributed by atoms with Crippen molar-refractivity contribution in [2.75, 3.05) is 0 Å². The van der Waals surface area contributed by atoms with Gasteiger partial charge in [-0.25, -0.2) is 0 Å². The Morgan fingerprint density at radius 2 is 1.90 bits per heavy atom. The van der Waals surface area contributed by atoms with E-state index in [4.69, 9.17) is 16.6 Å². The molecule has 0 saturated carbocycles. The fourth-order valence-corrected chi connectivity index (χ4v) is 2.13. The number of amidine groups is 1. The molecule has 1 heterocycles. The van der Waals surface area contributed by atoms with Gasteiger partial charge in [-0.2, -0.15) is 0 Å². The maximum absolute atomic E-state index is 10.5. The van der Waals surface area contributed by atoms with Crippen molar-refractivity contribution in [3.8, 4) is 0 Å². The second kappa shape index (κ2) is 15.5. The molecule has 2 atom stereocenters. The zero-order valence-electron chi connectivity index (χ0n) is 12.2. The summed E-state index contributed by atoms with van der Waals surface area (Å²) in [5.74, 6) is -0.142. The summed E-state index contributed by atoms with van der Waals surface area (Å²) in [5, 5.41) is 8.64. The number of nitrogens with two attached hydrogens (primary N) is 2. The third-order valence-electron chi connectivity index (χ3n) is 3.19. The SMILES string of the molecule is Cl.NC1=N[C@@H](CCCC[C@H](N)C(=O)O)CCCC1.O.O.O.